The van der Waals surface area contributed by atoms with E-state index in [-0.39, 0.29) is 63.7 Å². The normalized spacial score (nSPS) is 33.3. The predicted octanol–water partition coefficient (Wildman–Crippen LogP) is 4.57. The minimum atomic E-state index is -0.549. The Labute approximate surface area is 225 Å². The van der Waals surface area contributed by atoms with Gasteiger partial charge in [-0.15, -0.1) is 0 Å². The number of carbonyl (C=O) groups excluding carboxylic acids is 2. The smallest absolute Gasteiger partial charge is 0.255 e. The van der Waals surface area contributed by atoms with Gasteiger partial charge in [-0.25, -0.2) is 4.39 Å². The number of ether oxygens (including phenoxy) is 2. The second kappa shape index (κ2) is 10.7. The maximum atomic E-state index is 15.0. The summed E-state index contributed by atoms with van der Waals surface area (Å²) in [5.74, 6) is -0.295. The number of hydrogen-bond acceptors (Lipinski definition) is 5. The minimum absolute atomic E-state index is 0.0486. The van der Waals surface area contributed by atoms with Gasteiger partial charge in [-0.1, -0.05) is 20.3 Å². The third-order valence-electron chi connectivity index (χ3n) is 10.2. The zero-order chi connectivity index (χ0) is 27.1. The van der Waals surface area contributed by atoms with E-state index in [4.69, 9.17) is 15.2 Å². The van der Waals surface area contributed by atoms with Crippen molar-refractivity contribution in [1.82, 2.24) is 10.6 Å². The van der Waals surface area contributed by atoms with Crippen molar-refractivity contribution in [2.24, 2.45) is 34.3 Å². The van der Waals surface area contributed by atoms with Crippen molar-refractivity contribution in [1.29, 1.82) is 0 Å². The molecule has 0 unspecified atom stereocenters. The zero-order valence-corrected chi connectivity index (χ0v) is 23.1. The molecule has 0 aromatic heterocycles. The molecule has 0 saturated heterocycles. The van der Waals surface area contributed by atoms with Gasteiger partial charge in [0.15, 0.2) is 11.6 Å². The van der Waals surface area contributed by atoms with Gasteiger partial charge >= 0.3 is 0 Å². The minimum Gasteiger partial charge on any atom is -0.496 e. The van der Waals surface area contributed by atoms with Gasteiger partial charge < -0.3 is 25.8 Å². The summed E-state index contributed by atoms with van der Waals surface area (Å²) >= 11 is 0. The molecule has 0 heterocycles. The lowest BCUT2D eigenvalue weighted by Crippen LogP contribution is -2.51. The lowest BCUT2D eigenvalue weighted by atomic mass is 9.70. The van der Waals surface area contributed by atoms with Crippen molar-refractivity contribution in [3.63, 3.8) is 0 Å². The molecule has 8 heteroatoms. The van der Waals surface area contributed by atoms with Gasteiger partial charge in [-0.3, -0.25) is 9.59 Å². The number of methoxy groups -OCH3 is 1. The maximum absolute atomic E-state index is 15.0. The molecule has 1 aromatic rings. The Morgan fingerprint density at radius 2 is 1.74 bits per heavy atom. The van der Waals surface area contributed by atoms with E-state index in [1.165, 1.54) is 25.7 Å². The number of halogens is 1. The van der Waals surface area contributed by atoms with Gasteiger partial charge in [0, 0.05) is 18.7 Å². The lowest BCUT2D eigenvalue weighted by molar-refractivity contribution is -0.128. The van der Waals surface area contributed by atoms with Crippen LogP contribution in [0.25, 0.3) is 0 Å². The van der Waals surface area contributed by atoms with Crippen LogP contribution in [0.5, 0.6) is 11.5 Å². The van der Waals surface area contributed by atoms with Gasteiger partial charge in [0.2, 0.25) is 5.91 Å². The van der Waals surface area contributed by atoms with E-state index in [1.54, 1.807) is 0 Å². The molecule has 0 spiro atoms. The summed E-state index contributed by atoms with van der Waals surface area (Å²) in [5.41, 5.74) is 6.45. The van der Waals surface area contributed by atoms with Crippen molar-refractivity contribution in [2.75, 3.05) is 20.2 Å². The van der Waals surface area contributed by atoms with Crippen molar-refractivity contribution < 1.29 is 23.5 Å². The maximum Gasteiger partial charge on any atom is 0.255 e. The Morgan fingerprint density at radius 3 is 2.37 bits per heavy atom. The molecule has 210 valence electrons. The van der Waals surface area contributed by atoms with Gasteiger partial charge in [0.05, 0.1) is 24.7 Å². The van der Waals surface area contributed by atoms with Crippen molar-refractivity contribution in [2.45, 2.75) is 90.2 Å². The predicted molar refractivity (Wildman–Crippen MR) is 144 cm³/mol. The fraction of sp³-hybridized carbons (Fsp3) is 0.733. The van der Waals surface area contributed by atoms with Crippen LogP contribution in [-0.2, 0) is 4.79 Å². The molecule has 4 aliphatic carbocycles. The van der Waals surface area contributed by atoms with Crippen LogP contribution in [-0.4, -0.2) is 44.2 Å². The van der Waals surface area contributed by atoms with Crippen molar-refractivity contribution in [3.8, 4) is 11.5 Å². The van der Waals surface area contributed by atoms with E-state index >= 15 is 0 Å². The van der Waals surface area contributed by atoms with Crippen LogP contribution in [0.4, 0.5) is 4.39 Å². The summed E-state index contributed by atoms with van der Waals surface area (Å²) in [5, 5.41) is 6.35. The summed E-state index contributed by atoms with van der Waals surface area (Å²) in [6.45, 7) is 5.72. The number of benzene rings is 1. The zero-order valence-electron chi connectivity index (χ0n) is 23.1. The third-order valence-corrected chi connectivity index (χ3v) is 10.2. The topological polar surface area (TPSA) is 103 Å². The molecule has 4 saturated carbocycles. The second-order valence-corrected chi connectivity index (χ2v) is 13.1. The van der Waals surface area contributed by atoms with E-state index in [0.29, 0.717) is 19.0 Å². The number of nitrogens with two attached hydrogens (primary N) is 1. The van der Waals surface area contributed by atoms with Crippen molar-refractivity contribution >= 4 is 11.8 Å². The van der Waals surface area contributed by atoms with Crippen LogP contribution in [0.2, 0.25) is 0 Å². The fourth-order valence-corrected chi connectivity index (χ4v) is 7.24. The highest BCUT2D eigenvalue weighted by Gasteiger charge is 2.51. The van der Waals surface area contributed by atoms with Crippen LogP contribution in [0, 0.1) is 34.4 Å². The molecule has 7 nitrogen and oxygen atoms in total. The van der Waals surface area contributed by atoms with Gasteiger partial charge in [0.1, 0.15) is 5.75 Å². The molecule has 4 N–H and O–H groups in total. The number of rotatable bonds is 9. The van der Waals surface area contributed by atoms with Crippen LogP contribution >= 0.6 is 0 Å². The van der Waals surface area contributed by atoms with E-state index < -0.39 is 5.82 Å². The monoisotopic (exact) mass is 529 g/mol. The number of amides is 2. The average molecular weight is 530 g/mol. The molecular formula is C30H44FN3O4. The summed E-state index contributed by atoms with van der Waals surface area (Å²) in [6, 6.07) is 2.45. The average Bonchev–Trinajstić information content (AvgIpc) is 3.50. The first-order chi connectivity index (χ1) is 18.1. The summed E-state index contributed by atoms with van der Waals surface area (Å²) in [6.07, 6.45) is 9.81. The first-order valence-corrected chi connectivity index (χ1v) is 14.5. The largest absolute Gasteiger partial charge is 0.496 e. The number of hydrogen-bond donors (Lipinski definition) is 3. The SMILES string of the molecule is COc1cc(F)c(O[C@H]2CC[C@@](C)(CN)CC2)cc1C(=O)N[C@@H]1[C@H]2CC[C@H](C2)[C@@H]1C(=O)NCC1(C)CCC1. The van der Waals surface area contributed by atoms with Crippen LogP contribution < -0.4 is 25.8 Å². The van der Waals surface area contributed by atoms with E-state index in [0.717, 1.165) is 57.8 Å². The second-order valence-electron chi connectivity index (χ2n) is 13.1. The van der Waals surface area contributed by atoms with Gasteiger partial charge in [-0.2, -0.15) is 0 Å². The molecule has 2 amide bonds. The molecule has 4 aliphatic rings. The highest BCUT2D eigenvalue weighted by molar-refractivity contribution is 5.98. The van der Waals surface area contributed by atoms with Gasteiger partial charge in [0.25, 0.3) is 5.91 Å². The Kier molecular flexibility index (Phi) is 7.64. The lowest BCUT2D eigenvalue weighted by Gasteiger charge is -2.39. The molecule has 0 aliphatic heterocycles. The van der Waals surface area contributed by atoms with Crippen LogP contribution in [0.1, 0.15) is 88.4 Å². The van der Waals surface area contributed by atoms with Gasteiger partial charge in [-0.05, 0) is 93.1 Å². The first-order valence-electron chi connectivity index (χ1n) is 14.5. The van der Waals surface area contributed by atoms with Crippen molar-refractivity contribution in [3.05, 3.63) is 23.5 Å². The molecule has 2 bridgehead atoms. The third kappa shape index (κ3) is 5.38. The molecule has 0 radical (unpaired) electrons. The van der Waals surface area contributed by atoms with Crippen LogP contribution in [0.3, 0.4) is 0 Å². The highest BCUT2D eigenvalue weighted by Crippen LogP contribution is 2.49. The molecule has 4 atom stereocenters. The Balaban J connectivity index is 1.28. The standard InChI is InChI=1S/C30H44FN3O4/c1-29(16-32)11-7-20(8-12-29)38-24-14-21(23(37-3)15-22(24)31)27(35)34-26-19-6-5-18(13-19)25(26)28(36)33-17-30(2)9-4-10-30/h14-15,18-20,25-26H,4-13,16-17,32H2,1-3H3,(H,33,36)(H,34,35)/t18-,19+,20-,25+,26-,29+/m1/s1. The molecule has 4 fully saturated rings. The summed E-state index contributed by atoms with van der Waals surface area (Å²) in [4.78, 5) is 26.9. The molecule has 38 heavy (non-hydrogen) atoms. The Bertz CT molecular complexity index is 1050. The summed E-state index contributed by atoms with van der Waals surface area (Å²) in [7, 11) is 1.43. The number of fused-ring (bicyclic) bond motifs is 2. The first kappa shape index (κ1) is 27.2. The molecule has 1 aromatic carbocycles. The van der Waals surface area contributed by atoms with Crippen LogP contribution in [0.15, 0.2) is 12.1 Å². The Morgan fingerprint density at radius 1 is 1.03 bits per heavy atom. The molecular weight excluding hydrogens is 485 g/mol. The number of nitrogens with one attached hydrogen (secondary N) is 2. The molecule has 5 rings (SSSR count). The van der Waals surface area contributed by atoms with E-state index in [1.807, 2.05) is 0 Å². The summed E-state index contributed by atoms with van der Waals surface area (Å²) < 4.78 is 26.4. The fourth-order valence-electron chi connectivity index (χ4n) is 7.24. The van der Waals surface area contributed by atoms with E-state index in [2.05, 4.69) is 24.5 Å². The number of carbonyl (C=O) groups is 2. The quantitative estimate of drug-likeness (QED) is 0.435. The van der Waals surface area contributed by atoms with E-state index in [9.17, 15) is 14.0 Å². The highest BCUT2D eigenvalue weighted by atomic mass is 19.1. The Hall–Kier alpha value is -2.35.